The minimum atomic E-state index is -0.717. The summed E-state index contributed by atoms with van der Waals surface area (Å²) in [5, 5.41) is 0. The summed E-state index contributed by atoms with van der Waals surface area (Å²) in [6.07, 6.45) is 1.27. The van der Waals surface area contributed by atoms with Crippen LogP contribution < -0.4 is 0 Å². The first kappa shape index (κ1) is 19.8. The summed E-state index contributed by atoms with van der Waals surface area (Å²) in [5.41, 5.74) is 1.06. The fourth-order valence-electron chi connectivity index (χ4n) is 3.08. The van der Waals surface area contributed by atoms with Crippen LogP contribution in [-0.2, 0) is 35.0 Å². The number of carbonyl (C=O) groups is 1. The molecule has 7 heteroatoms. The highest BCUT2D eigenvalue weighted by Crippen LogP contribution is 2.39. The van der Waals surface area contributed by atoms with Crippen molar-refractivity contribution in [1.82, 2.24) is 0 Å². The molecule has 1 aromatic rings. The average molecular weight is 378 g/mol. The molecular weight excluding hydrogens is 352 g/mol. The van der Waals surface area contributed by atoms with Crippen LogP contribution in [0.3, 0.4) is 0 Å². The molecule has 2 aliphatic rings. The zero-order valence-corrected chi connectivity index (χ0v) is 15.8. The molecule has 0 radical (unpaired) electrons. The van der Waals surface area contributed by atoms with Gasteiger partial charge in [-0.2, -0.15) is 0 Å². The summed E-state index contributed by atoms with van der Waals surface area (Å²) >= 11 is 0. The topological polar surface area (TPSA) is 72.5 Å². The van der Waals surface area contributed by atoms with E-state index in [0.29, 0.717) is 6.61 Å². The number of fused-ring (bicyclic) bond motifs is 1. The van der Waals surface area contributed by atoms with Gasteiger partial charge in [0.2, 0.25) is 0 Å². The summed E-state index contributed by atoms with van der Waals surface area (Å²) in [4.78, 5) is 11.2. The number of ether oxygens (including phenoxy) is 6. The molecule has 1 aromatic carbocycles. The third kappa shape index (κ3) is 5.29. The highest BCUT2D eigenvalue weighted by molar-refractivity contribution is 5.59. The van der Waals surface area contributed by atoms with Crippen LogP contribution in [0.2, 0.25) is 0 Å². The van der Waals surface area contributed by atoms with Gasteiger partial charge in [-0.3, -0.25) is 0 Å². The lowest BCUT2D eigenvalue weighted by Gasteiger charge is -2.24. The summed E-state index contributed by atoms with van der Waals surface area (Å²) in [5.74, 6) is -0.717. The van der Waals surface area contributed by atoms with Crippen molar-refractivity contribution in [3.8, 4) is 0 Å². The third-order valence-electron chi connectivity index (χ3n) is 4.20. The van der Waals surface area contributed by atoms with Gasteiger partial charge in [-0.05, 0) is 32.4 Å². The SMILES string of the molecule is CCOC(=O)OC/C=C/[C@H]1O[C@@H]2OC(C)(C)O[C@@H]2[C@H]1OCc1ccccc1. The van der Waals surface area contributed by atoms with Crippen LogP contribution in [0, 0.1) is 0 Å². The van der Waals surface area contributed by atoms with Crippen LogP contribution >= 0.6 is 0 Å². The molecule has 0 bridgehead atoms. The minimum absolute atomic E-state index is 0.0899. The Hall–Kier alpha value is -1.93. The Morgan fingerprint density at radius 1 is 1.19 bits per heavy atom. The maximum Gasteiger partial charge on any atom is 0.508 e. The molecule has 7 nitrogen and oxygen atoms in total. The first-order valence-electron chi connectivity index (χ1n) is 9.11. The molecule has 148 valence electrons. The summed E-state index contributed by atoms with van der Waals surface area (Å²) in [7, 11) is 0. The van der Waals surface area contributed by atoms with Gasteiger partial charge in [-0.1, -0.05) is 36.4 Å². The molecule has 0 aliphatic carbocycles. The zero-order chi connectivity index (χ0) is 19.3. The van der Waals surface area contributed by atoms with E-state index in [2.05, 4.69) is 0 Å². The van der Waals surface area contributed by atoms with Crippen LogP contribution in [0.5, 0.6) is 0 Å². The lowest BCUT2D eigenvalue weighted by atomic mass is 10.1. The first-order chi connectivity index (χ1) is 13.0. The van der Waals surface area contributed by atoms with E-state index in [-0.39, 0.29) is 31.5 Å². The average Bonchev–Trinajstić information content (AvgIpc) is 3.09. The van der Waals surface area contributed by atoms with Crippen molar-refractivity contribution < 1.29 is 33.2 Å². The lowest BCUT2D eigenvalue weighted by molar-refractivity contribution is -0.213. The van der Waals surface area contributed by atoms with Gasteiger partial charge in [-0.15, -0.1) is 0 Å². The van der Waals surface area contributed by atoms with Crippen molar-refractivity contribution >= 4 is 6.16 Å². The van der Waals surface area contributed by atoms with Gasteiger partial charge in [0.05, 0.1) is 13.2 Å². The van der Waals surface area contributed by atoms with Gasteiger partial charge < -0.3 is 28.4 Å². The molecule has 0 amide bonds. The van der Waals surface area contributed by atoms with E-state index >= 15 is 0 Å². The fraction of sp³-hybridized carbons (Fsp3) is 0.550. The zero-order valence-electron chi connectivity index (χ0n) is 15.8. The number of carbonyl (C=O) groups excluding carboxylic acids is 1. The van der Waals surface area contributed by atoms with E-state index in [1.165, 1.54) is 0 Å². The van der Waals surface area contributed by atoms with Crippen molar-refractivity contribution in [3.05, 3.63) is 48.0 Å². The summed E-state index contributed by atoms with van der Waals surface area (Å²) < 4.78 is 33.5. The monoisotopic (exact) mass is 378 g/mol. The van der Waals surface area contributed by atoms with Crippen LogP contribution in [0.1, 0.15) is 26.3 Å². The molecule has 2 saturated heterocycles. The molecule has 2 aliphatic heterocycles. The Labute approximate surface area is 159 Å². The molecule has 4 atom stereocenters. The lowest BCUT2D eigenvalue weighted by Crippen LogP contribution is -2.36. The summed E-state index contributed by atoms with van der Waals surface area (Å²) in [6, 6.07) is 9.90. The summed E-state index contributed by atoms with van der Waals surface area (Å²) in [6.45, 7) is 6.22. The van der Waals surface area contributed by atoms with Crippen LogP contribution in [0.4, 0.5) is 4.79 Å². The van der Waals surface area contributed by atoms with Crippen LogP contribution in [-0.4, -0.2) is 49.8 Å². The maximum absolute atomic E-state index is 11.2. The van der Waals surface area contributed by atoms with E-state index in [1.54, 1.807) is 19.1 Å². The van der Waals surface area contributed by atoms with Gasteiger partial charge in [0.15, 0.2) is 12.1 Å². The highest BCUT2D eigenvalue weighted by atomic mass is 16.8. The van der Waals surface area contributed by atoms with Gasteiger partial charge in [-0.25, -0.2) is 4.79 Å². The number of benzene rings is 1. The van der Waals surface area contributed by atoms with E-state index in [4.69, 9.17) is 28.4 Å². The normalized spacial score (nSPS) is 29.0. The van der Waals surface area contributed by atoms with E-state index in [0.717, 1.165) is 5.56 Å². The quantitative estimate of drug-likeness (QED) is 0.533. The molecule has 0 aromatic heterocycles. The van der Waals surface area contributed by atoms with Crippen molar-refractivity contribution in [2.24, 2.45) is 0 Å². The second kappa shape index (κ2) is 8.84. The molecular formula is C20H26O7. The minimum Gasteiger partial charge on any atom is -0.435 e. The second-order valence-corrected chi connectivity index (χ2v) is 6.75. The molecule has 0 N–H and O–H groups in total. The third-order valence-corrected chi connectivity index (χ3v) is 4.20. The Morgan fingerprint density at radius 2 is 1.96 bits per heavy atom. The molecule has 0 spiro atoms. The number of rotatable bonds is 7. The van der Waals surface area contributed by atoms with Crippen LogP contribution in [0.25, 0.3) is 0 Å². The largest absolute Gasteiger partial charge is 0.508 e. The number of hydrogen-bond acceptors (Lipinski definition) is 7. The maximum atomic E-state index is 11.2. The standard InChI is InChI=1S/C20H26O7/c1-4-22-19(21)23-12-8-11-15-16(24-13-14-9-6-5-7-10-14)17-18(25-15)27-20(2,3)26-17/h5-11,15-18H,4,12-13H2,1-3H3/b11-8+/t15-,16+,17-,18-/m1/s1. The highest BCUT2D eigenvalue weighted by Gasteiger charge is 2.54. The smallest absolute Gasteiger partial charge is 0.435 e. The van der Waals surface area contributed by atoms with Crippen molar-refractivity contribution in [1.29, 1.82) is 0 Å². The fourth-order valence-corrected chi connectivity index (χ4v) is 3.08. The van der Waals surface area contributed by atoms with Gasteiger partial charge in [0.1, 0.15) is 24.9 Å². The van der Waals surface area contributed by atoms with E-state index < -0.39 is 18.2 Å². The van der Waals surface area contributed by atoms with E-state index in [9.17, 15) is 4.79 Å². The first-order valence-corrected chi connectivity index (χ1v) is 9.11. The molecule has 3 rings (SSSR count). The Balaban J connectivity index is 1.60. The molecule has 2 heterocycles. The van der Waals surface area contributed by atoms with Crippen molar-refractivity contribution in [2.45, 2.75) is 57.8 Å². The van der Waals surface area contributed by atoms with Crippen molar-refractivity contribution in [3.63, 3.8) is 0 Å². The molecule has 27 heavy (non-hydrogen) atoms. The molecule has 2 fully saturated rings. The van der Waals surface area contributed by atoms with Gasteiger partial charge in [0.25, 0.3) is 0 Å². The Bertz CT molecular complexity index is 643. The van der Waals surface area contributed by atoms with Crippen molar-refractivity contribution in [2.75, 3.05) is 13.2 Å². The Kier molecular flexibility index (Phi) is 6.49. The molecule has 0 unspecified atom stereocenters. The van der Waals surface area contributed by atoms with Gasteiger partial charge in [0, 0.05) is 0 Å². The predicted molar refractivity (Wildman–Crippen MR) is 95.8 cm³/mol. The molecule has 0 saturated carbocycles. The van der Waals surface area contributed by atoms with Crippen LogP contribution in [0.15, 0.2) is 42.5 Å². The second-order valence-electron chi connectivity index (χ2n) is 6.75. The van der Waals surface area contributed by atoms with E-state index in [1.807, 2.05) is 44.2 Å². The number of hydrogen-bond donors (Lipinski definition) is 0. The Morgan fingerprint density at radius 3 is 2.70 bits per heavy atom. The predicted octanol–water partition coefficient (Wildman–Crippen LogP) is 3.18. The van der Waals surface area contributed by atoms with Gasteiger partial charge >= 0.3 is 6.16 Å².